The van der Waals surface area contributed by atoms with Crippen LogP contribution in [0.2, 0.25) is 0 Å². The minimum absolute atomic E-state index is 0.0597. The molecule has 0 aliphatic carbocycles. The molecule has 3 aromatic rings. The van der Waals surface area contributed by atoms with Gasteiger partial charge in [-0.25, -0.2) is 4.98 Å². The van der Waals surface area contributed by atoms with Crippen LogP contribution in [0.5, 0.6) is 0 Å². The predicted octanol–water partition coefficient (Wildman–Crippen LogP) is 3.69. The lowest BCUT2D eigenvalue weighted by atomic mass is 10.1. The summed E-state index contributed by atoms with van der Waals surface area (Å²) >= 11 is 0. The topological polar surface area (TPSA) is 82.8 Å². The number of hydrogen-bond donors (Lipinski definition) is 2. The second kappa shape index (κ2) is 11.0. The molecule has 162 valence electrons. The third-order valence-corrected chi connectivity index (χ3v) is 4.94. The molecule has 0 saturated heterocycles. The zero-order chi connectivity index (χ0) is 22.1. The Balaban J connectivity index is 1.51. The van der Waals surface area contributed by atoms with Crippen molar-refractivity contribution >= 4 is 11.9 Å². The molecule has 1 heterocycles. The smallest absolute Gasteiger partial charge is 0.253 e. The molecule has 7 heteroatoms. The SMILES string of the molecule is CCN(CC)C(=O)c1ccc(CNC(=NC)NCc2coc(-c3ccccc3)n2)cc1. The highest BCUT2D eigenvalue weighted by Gasteiger charge is 2.12. The Bertz CT molecular complexity index is 992. The van der Waals surface area contributed by atoms with Crippen molar-refractivity contribution in [1.82, 2.24) is 20.5 Å². The van der Waals surface area contributed by atoms with Crippen molar-refractivity contribution in [3.05, 3.63) is 77.7 Å². The molecule has 0 fully saturated rings. The Morgan fingerprint density at radius 2 is 1.68 bits per heavy atom. The largest absolute Gasteiger partial charge is 0.444 e. The number of benzene rings is 2. The van der Waals surface area contributed by atoms with Crippen molar-refractivity contribution in [2.24, 2.45) is 4.99 Å². The lowest BCUT2D eigenvalue weighted by Crippen LogP contribution is -2.36. The molecule has 1 amide bonds. The van der Waals surface area contributed by atoms with Crippen LogP contribution in [-0.2, 0) is 13.1 Å². The van der Waals surface area contributed by atoms with E-state index in [0.29, 0.717) is 43.6 Å². The first-order valence-corrected chi connectivity index (χ1v) is 10.5. The van der Waals surface area contributed by atoms with Crippen LogP contribution >= 0.6 is 0 Å². The van der Waals surface area contributed by atoms with Crippen LogP contribution < -0.4 is 10.6 Å². The summed E-state index contributed by atoms with van der Waals surface area (Å²) in [5.41, 5.74) is 3.50. The summed E-state index contributed by atoms with van der Waals surface area (Å²) < 4.78 is 5.57. The molecule has 3 rings (SSSR count). The first kappa shape index (κ1) is 22.1. The summed E-state index contributed by atoms with van der Waals surface area (Å²) in [5.74, 6) is 1.32. The number of nitrogens with one attached hydrogen (secondary N) is 2. The van der Waals surface area contributed by atoms with Gasteiger partial charge in [0, 0.05) is 37.8 Å². The highest BCUT2D eigenvalue weighted by atomic mass is 16.3. The van der Waals surface area contributed by atoms with Gasteiger partial charge in [-0.1, -0.05) is 30.3 Å². The molecule has 0 aliphatic rings. The third kappa shape index (κ3) is 5.94. The first-order chi connectivity index (χ1) is 15.1. The van der Waals surface area contributed by atoms with Gasteiger partial charge in [0.25, 0.3) is 5.91 Å². The van der Waals surface area contributed by atoms with Crippen molar-refractivity contribution in [3.8, 4) is 11.5 Å². The van der Waals surface area contributed by atoms with Gasteiger partial charge in [0.15, 0.2) is 5.96 Å². The maximum Gasteiger partial charge on any atom is 0.253 e. The summed E-state index contributed by atoms with van der Waals surface area (Å²) in [4.78, 5) is 23.0. The van der Waals surface area contributed by atoms with Gasteiger partial charge in [0.2, 0.25) is 5.89 Å². The van der Waals surface area contributed by atoms with Gasteiger partial charge in [0.1, 0.15) is 6.26 Å². The Kier molecular flexibility index (Phi) is 7.81. The number of carbonyl (C=O) groups is 1. The fourth-order valence-electron chi connectivity index (χ4n) is 3.14. The van der Waals surface area contributed by atoms with E-state index in [2.05, 4.69) is 20.6 Å². The van der Waals surface area contributed by atoms with Crippen molar-refractivity contribution in [1.29, 1.82) is 0 Å². The minimum Gasteiger partial charge on any atom is -0.444 e. The molecular weight excluding hydrogens is 390 g/mol. The third-order valence-electron chi connectivity index (χ3n) is 4.94. The Hall–Kier alpha value is -3.61. The number of amides is 1. The van der Waals surface area contributed by atoms with Crippen molar-refractivity contribution in [2.45, 2.75) is 26.9 Å². The highest BCUT2D eigenvalue weighted by molar-refractivity contribution is 5.94. The van der Waals surface area contributed by atoms with Gasteiger partial charge < -0.3 is 20.0 Å². The molecule has 0 aliphatic heterocycles. The normalized spacial score (nSPS) is 11.3. The monoisotopic (exact) mass is 419 g/mol. The molecule has 0 radical (unpaired) electrons. The molecule has 0 atom stereocenters. The summed E-state index contributed by atoms with van der Waals surface area (Å²) in [5, 5.41) is 6.51. The van der Waals surface area contributed by atoms with Gasteiger partial charge in [-0.2, -0.15) is 0 Å². The lowest BCUT2D eigenvalue weighted by Gasteiger charge is -2.18. The second-order valence-electron chi connectivity index (χ2n) is 6.96. The quantitative estimate of drug-likeness (QED) is 0.430. The average Bonchev–Trinajstić information content (AvgIpc) is 3.30. The molecule has 0 saturated carbocycles. The summed E-state index contributed by atoms with van der Waals surface area (Å²) in [6, 6.07) is 17.4. The Morgan fingerprint density at radius 3 is 2.32 bits per heavy atom. The Labute approximate surface area is 183 Å². The van der Waals surface area contributed by atoms with E-state index in [1.165, 1.54) is 0 Å². The molecule has 31 heavy (non-hydrogen) atoms. The van der Waals surface area contributed by atoms with Crippen LogP contribution in [0.4, 0.5) is 0 Å². The number of oxazole rings is 1. The van der Waals surface area contributed by atoms with Crippen LogP contribution in [0.3, 0.4) is 0 Å². The molecular formula is C24H29N5O2. The number of hydrogen-bond acceptors (Lipinski definition) is 4. The van der Waals surface area contributed by atoms with Gasteiger partial charge in [-0.05, 0) is 43.7 Å². The number of guanidine groups is 1. The Morgan fingerprint density at radius 1 is 1.00 bits per heavy atom. The molecule has 2 aromatic carbocycles. The van der Waals surface area contributed by atoms with Crippen molar-refractivity contribution in [2.75, 3.05) is 20.1 Å². The molecule has 0 unspecified atom stereocenters. The van der Waals surface area contributed by atoms with Crippen LogP contribution in [0.25, 0.3) is 11.5 Å². The van der Waals surface area contributed by atoms with Crippen LogP contribution in [0, 0.1) is 0 Å². The van der Waals surface area contributed by atoms with Crippen LogP contribution in [-0.4, -0.2) is 41.9 Å². The summed E-state index contributed by atoms with van der Waals surface area (Å²) in [6.07, 6.45) is 1.65. The number of nitrogens with zero attached hydrogens (tertiary/aromatic N) is 3. The first-order valence-electron chi connectivity index (χ1n) is 10.5. The van der Waals surface area contributed by atoms with E-state index in [9.17, 15) is 4.79 Å². The van der Waals surface area contributed by atoms with Crippen molar-refractivity contribution in [3.63, 3.8) is 0 Å². The van der Waals surface area contributed by atoms with Gasteiger partial charge in [-0.3, -0.25) is 9.79 Å². The van der Waals surface area contributed by atoms with E-state index in [1.54, 1.807) is 13.3 Å². The number of aliphatic imine (C=N–C) groups is 1. The molecule has 0 bridgehead atoms. The summed E-state index contributed by atoms with van der Waals surface area (Å²) in [6.45, 7) is 6.47. The fourth-order valence-corrected chi connectivity index (χ4v) is 3.14. The molecule has 0 spiro atoms. The zero-order valence-corrected chi connectivity index (χ0v) is 18.3. The van der Waals surface area contributed by atoms with E-state index in [1.807, 2.05) is 73.3 Å². The second-order valence-corrected chi connectivity index (χ2v) is 6.96. The maximum atomic E-state index is 12.4. The van der Waals surface area contributed by atoms with Gasteiger partial charge in [-0.15, -0.1) is 0 Å². The van der Waals surface area contributed by atoms with E-state index in [4.69, 9.17) is 4.42 Å². The van der Waals surface area contributed by atoms with Crippen molar-refractivity contribution < 1.29 is 9.21 Å². The molecule has 1 aromatic heterocycles. The van der Waals surface area contributed by atoms with E-state index < -0.39 is 0 Å². The molecule has 2 N–H and O–H groups in total. The number of aromatic nitrogens is 1. The number of rotatable bonds is 8. The van der Waals surface area contributed by atoms with E-state index >= 15 is 0 Å². The van der Waals surface area contributed by atoms with Crippen LogP contribution in [0.15, 0.2) is 70.3 Å². The van der Waals surface area contributed by atoms with E-state index in [0.717, 1.165) is 16.8 Å². The van der Waals surface area contributed by atoms with Gasteiger partial charge in [0.05, 0.1) is 12.2 Å². The maximum absolute atomic E-state index is 12.4. The zero-order valence-electron chi connectivity index (χ0n) is 18.3. The molecule has 7 nitrogen and oxygen atoms in total. The predicted molar refractivity (Wildman–Crippen MR) is 123 cm³/mol. The number of carbonyl (C=O) groups excluding carboxylic acids is 1. The summed E-state index contributed by atoms with van der Waals surface area (Å²) in [7, 11) is 1.72. The van der Waals surface area contributed by atoms with Gasteiger partial charge >= 0.3 is 0 Å². The van der Waals surface area contributed by atoms with Crippen LogP contribution in [0.1, 0.15) is 35.5 Å². The average molecular weight is 420 g/mol. The van der Waals surface area contributed by atoms with E-state index in [-0.39, 0.29) is 5.91 Å². The fraction of sp³-hybridized carbons (Fsp3) is 0.292. The standard InChI is InChI=1S/C24H29N5O2/c1-4-29(5-2)23(30)20-13-11-18(12-14-20)15-26-24(25-3)27-16-21-17-31-22(28-21)19-9-7-6-8-10-19/h6-14,17H,4-5,15-16H2,1-3H3,(H2,25,26,27). The minimum atomic E-state index is 0.0597. The highest BCUT2D eigenvalue weighted by Crippen LogP contribution is 2.17. The lowest BCUT2D eigenvalue weighted by molar-refractivity contribution is 0.0773.